The van der Waals surface area contributed by atoms with Crippen LogP contribution in [0.2, 0.25) is 10.0 Å². The maximum absolute atomic E-state index is 6.39. The summed E-state index contributed by atoms with van der Waals surface area (Å²) < 4.78 is 0. The van der Waals surface area contributed by atoms with Crippen molar-refractivity contribution in [2.45, 2.75) is 51.5 Å². The van der Waals surface area contributed by atoms with E-state index in [-0.39, 0.29) is 0 Å². The Hall–Kier alpha value is -0.750. The predicted octanol–water partition coefficient (Wildman–Crippen LogP) is 4.94. The summed E-state index contributed by atoms with van der Waals surface area (Å²) in [5.41, 5.74) is 1.07. The normalized spacial score (nSPS) is 23.1. The monoisotopic (exact) mass is 456 g/mol. The summed E-state index contributed by atoms with van der Waals surface area (Å²) in [5.74, 6) is 0.852. The molecular weight excluding hydrogens is 423 g/mol. The zero-order valence-corrected chi connectivity index (χ0v) is 19.8. The van der Waals surface area contributed by atoms with Crippen LogP contribution >= 0.6 is 35.4 Å². The molecule has 0 amide bonds. The first-order chi connectivity index (χ1) is 14.1. The van der Waals surface area contributed by atoms with Gasteiger partial charge in [-0.2, -0.15) is 0 Å². The van der Waals surface area contributed by atoms with E-state index in [0.717, 1.165) is 55.9 Å². The largest absolute Gasteiger partial charge is 0.368 e. The van der Waals surface area contributed by atoms with E-state index < -0.39 is 0 Å². The summed E-state index contributed by atoms with van der Waals surface area (Å²) in [6, 6.07) is 6.45. The van der Waals surface area contributed by atoms with Crippen LogP contribution in [0, 0.1) is 5.92 Å². The Balaban J connectivity index is 1.33. The van der Waals surface area contributed by atoms with Crippen LogP contribution in [0.25, 0.3) is 0 Å². The quantitative estimate of drug-likeness (QED) is 0.567. The number of hydrogen-bond donors (Lipinski definition) is 2. The van der Waals surface area contributed by atoms with Crippen LogP contribution in [0.5, 0.6) is 0 Å². The van der Waals surface area contributed by atoms with Crippen LogP contribution in [-0.2, 0) is 0 Å². The van der Waals surface area contributed by atoms with Gasteiger partial charge in [-0.1, -0.05) is 36.2 Å². The molecule has 0 atom stereocenters. The van der Waals surface area contributed by atoms with Gasteiger partial charge in [-0.05, 0) is 75.3 Å². The van der Waals surface area contributed by atoms with E-state index in [2.05, 4.69) is 33.4 Å². The zero-order valence-electron chi connectivity index (χ0n) is 17.4. The number of benzene rings is 1. The first-order valence-electron chi connectivity index (χ1n) is 11.0. The molecule has 4 nitrogen and oxygen atoms in total. The third kappa shape index (κ3) is 6.88. The number of halogens is 2. The zero-order chi connectivity index (χ0) is 20.6. The first kappa shape index (κ1) is 22.9. The van der Waals surface area contributed by atoms with Gasteiger partial charge in [0.15, 0.2) is 5.11 Å². The lowest BCUT2D eigenvalue weighted by Crippen LogP contribution is -2.47. The average Bonchev–Trinajstić information content (AvgIpc) is 2.74. The van der Waals surface area contributed by atoms with Gasteiger partial charge in [0, 0.05) is 38.8 Å². The van der Waals surface area contributed by atoms with Crippen molar-refractivity contribution in [3.05, 3.63) is 28.2 Å². The predicted molar refractivity (Wildman–Crippen MR) is 130 cm³/mol. The Kier molecular flexibility index (Phi) is 9.16. The highest BCUT2D eigenvalue weighted by Crippen LogP contribution is 2.33. The second-order valence-corrected chi connectivity index (χ2v) is 9.50. The van der Waals surface area contributed by atoms with E-state index in [4.69, 9.17) is 35.4 Å². The van der Waals surface area contributed by atoms with Gasteiger partial charge in [-0.3, -0.25) is 4.90 Å². The third-order valence-corrected chi connectivity index (χ3v) is 7.29. The molecule has 0 bridgehead atoms. The fourth-order valence-corrected chi connectivity index (χ4v) is 5.07. The maximum Gasteiger partial charge on any atom is 0.166 e. The summed E-state index contributed by atoms with van der Waals surface area (Å²) in [6.45, 7) is 8.54. The van der Waals surface area contributed by atoms with E-state index in [9.17, 15) is 0 Å². The van der Waals surface area contributed by atoms with E-state index >= 15 is 0 Å². The summed E-state index contributed by atoms with van der Waals surface area (Å²) >= 11 is 17.9. The Labute approximate surface area is 191 Å². The van der Waals surface area contributed by atoms with Crippen molar-refractivity contribution in [2.24, 2.45) is 5.92 Å². The van der Waals surface area contributed by atoms with Gasteiger partial charge in [0.05, 0.1) is 15.7 Å². The summed E-state index contributed by atoms with van der Waals surface area (Å²) in [6.07, 6.45) is 7.51. The number of piperazine rings is 1. The molecule has 1 heterocycles. The number of nitrogens with zero attached hydrogens (tertiary/aromatic N) is 2. The van der Waals surface area contributed by atoms with E-state index in [1.807, 2.05) is 12.1 Å². The number of rotatable bonds is 7. The minimum absolute atomic E-state index is 0.550. The second kappa shape index (κ2) is 11.6. The van der Waals surface area contributed by atoms with Gasteiger partial charge in [-0.15, -0.1) is 0 Å². The molecule has 1 saturated carbocycles. The smallest absolute Gasteiger partial charge is 0.166 e. The van der Waals surface area contributed by atoms with Gasteiger partial charge in [-0.25, -0.2) is 0 Å². The molecule has 2 N–H and O–H groups in total. The number of hydrogen-bond acceptors (Lipinski definition) is 3. The number of nitrogens with one attached hydrogen (secondary N) is 2. The highest BCUT2D eigenvalue weighted by Gasteiger charge is 2.24. The highest BCUT2D eigenvalue weighted by molar-refractivity contribution is 7.80. The van der Waals surface area contributed by atoms with E-state index in [1.165, 1.54) is 38.6 Å². The third-order valence-electron chi connectivity index (χ3n) is 6.22. The molecule has 162 valence electrons. The molecule has 2 fully saturated rings. The average molecular weight is 458 g/mol. The van der Waals surface area contributed by atoms with Gasteiger partial charge < -0.3 is 15.5 Å². The molecule has 2 aliphatic rings. The van der Waals surface area contributed by atoms with Gasteiger partial charge in [0.25, 0.3) is 0 Å². The van der Waals surface area contributed by atoms with Gasteiger partial charge in [0.2, 0.25) is 0 Å². The second-order valence-electron chi connectivity index (χ2n) is 8.31. The van der Waals surface area contributed by atoms with Crippen LogP contribution in [0.4, 0.5) is 5.69 Å². The molecule has 7 heteroatoms. The lowest BCUT2D eigenvalue weighted by Gasteiger charge is -2.37. The fourth-order valence-electron chi connectivity index (χ4n) is 4.38. The number of anilines is 1. The first-order valence-corrected chi connectivity index (χ1v) is 12.2. The topological polar surface area (TPSA) is 30.5 Å². The molecule has 0 spiro atoms. The molecular formula is C22H34Cl2N4S. The van der Waals surface area contributed by atoms with Gasteiger partial charge in [0.1, 0.15) is 0 Å². The van der Waals surface area contributed by atoms with Crippen LogP contribution in [0.3, 0.4) is 0 Å². The van der Waals surface area contributed by atoms with Crippen LogP contribution in [-0.4, -0.2) is 55.3 Å². The van der Waals surface area contributed by atoms with Crippen molar-refractivity contribution < 1.29 is 0 Å². The van der Waals surface area contributed by atoms with Crippen molar-refractivity contribution >= 4 is 46.2 Å². The summed E-state index contributed by atoms with van der Waals surface area (Å²) in [5, 5.41) is 8.91. The van der Waals surface area contributed by atoms with Crippen molar-refractivity contribution in [3.8, 4) is 0 Å². The van der Waals surface area contributed by atoms with Crippen molar-refractivity contribution in [3.63, 3.8) is 0 Å². The van der Waals surface area contributed by atoms with Crippen LogP contribution < -0.4 is 15.5 Å². The maximum atomic E-state index is 6.39. The molecule has 0 radical (unpaired) electrons. The van der Waals surface area contributed by atoms with Crippen LogP contribution in [0.15, 0.2) is 18.2 Å². The van der Waals surface area contributed by atoms with E-state index in [1.54, 1.807) is 0 Å². The Morgan fingerprint density at radius 2 is 1.83 bits per heavy atom. The Bertz CT molecular complexity index is 656. The minimum atomic E-state index is 0.550. The molecule has 1 aromatic carbocycles. The molecule has 0 aromatic heterocycles. The minimum Gasteiger partial charge on any atom is -0.368 e. The standard InChI is InChI=1S/C22H34Cl2N4S/c1-2-11-25-22(29)26-18-8-6-17(7-9-18)10-12-27-13-15-28(16-14-27)20-5-3-4-19(23)21(20)24/h3-5,17-18H,2,6-16H2,1H3,(H2,25,26,29). The number of thiocarbonyl (C=S) groups is 1. The Morgan fingerprint density at radius 3 is 2.52 bits per heavy atom. The van der Waals surface area contributed by atoms with Crippen LogP contribution in [0.1, 0.15) is 45.4 Å². The molecule has 3 rings (SSSR count). The molecule has 0 unspecified atom stereocenters. The van der Waals surface area contributed by atoms with Crippen molar-refractivity contribution in [1.82, 2.24) is 15.5 Å². The Morgan fingerprint density at radius 1 is 1.10 bits per heavy atom. The molecule has 29 heavy (non-hydrogen) atoms. The van der Waals surface area contributed by atoms with Crippen molar-refractivity contribution in [2.75, 3.05) is 44.2 Å². The summed E-state index contributed by atoms with van der Waals surface area (Å²) in [7, 11) is 0. The molecule has 1 aliphatic heterocycles. The summed E-state index contributed by atoms with van der Waals surface area (Å²) in [4.78, 5) is 4.96. The van der Waals surface area contributed by atoms with Gasteiger partial charge >= 0.3 is 0 Å². The lowest BCUT2D eigenvalue weighted by molar-refractivity contribution is 0.214. The molecule has 1 aromatic rings. The SMILES string of the molecule is CCCNC(=S)NC1CCC(CCN2CCN(c3cccc(Cl)c3Cl)CC2)CC1. The fraction of sp³-hybridized carbons (Fsp3) is 0.682. The highest BCUT2D eigenvalue weighted by atomic mass is 35.5. The molecule has 1 aliphatic carbocycles. The van der Waals surface area contributed by atoms with E-state index in [0.29, 0.717) is 16.1 Å². The van der Waals surface area contributed by atoms with Crippen molar-refractivity contribution in [1.29, 1.82) is 0 Å². The lowest BCUT2D eigenvalue weighted by atomic mass is 9.84. The molecule has 1 saturated heterocycles.